The molecule has 2 rings (SSSR count). The molecule has 1 aliphatic rings. The maximum absolute atomic E-state index is 13.9. The van der Waals surface area contributed by atoms with Crippen molar-refractivity contribution in [1.29, 1.82) is 0 Å². The molecule has 0 aliphatic heterocycles. The van der Waals surface area contributed by atoms with E-state index in [1.165, 1.54) is 0 Å². The molecule has 4 nitrogen and oxygen atoms in total. The number of halogens is 2. The summed E-state index contributed by atoms with van der Waals surface area (Å²) < 4.78 is 33.1. The molecule has 1 aliphatic carbocycles. The summed E-state index contributed by atoms with van der Waals surface area (Å²) in [5, 5.41) is 0. The van der Waals surface area contributed by atoms with Crippen molar-refractivity contribution >= 4 is 17.5 Å². The first kappa shape index (κ1) is 26.9. The van der Waals surface area contributed by atoms with Gasteiger partial charge in [0.2, 0.25) is 5.78 Å². The highest BCUT2D eigenvalue weighted by Crippen LogP contribution is 2.32. The van der Waals surface area contributed by atoms with Crippen molar-refractivity contribution in [2.45, 2.75) is 103 Å². The number of carbonyl (C=O) groups excluding carboxylic acids is 3. The summed E-state index contributed by atoms with van der Waals surface area (Å²) in [6.45, 7) is 2.10. The number of esters is 1. The van der Waals surface area contributed by atoms with E-state index in [1.807, 2.05) is 37.3 Å². The maximum Gasteiger partial charge on any atom is 0.306 e. The lowest BCUT2D eigenvalue weighted by atomic mass is 9.96. The Bertz CT molecular complexity index is 815. The predicted molar refractivity (Wildman–Crippen MR) is 124 cm³/mol. The fraction of sp³-hybridized carbons (Fsp3) is 0.593. The number of carbonyl (C=O) groups is 3. The molecule has 0 radical (unpaired) electrons. The Balaban J connectivity index is 1.65. The highest BCUT2D eigenvalue weighted by Gasteiger charge is 2.37. The van der Waals surface area contributed by atoms with E-state index in [-0.39, 0.29) is 31.2 Å². The molecular weight excluding hydrogens is 426 g/mol. The number of benzene rings is 1. The van der Waals surface area contributed by atoms with Gasteiger partial charge in [-0.25, -0.2) is 0 Å². The van der Waals surface area contributed by atoms with Gasteiger partial charge in [0.15, 0.2) is 5.78 Å². The average molecular weight is 463 g/mol. The Hall–Kier alpha value is -2.37. The fourth-order valence-corrected chi connectivity index (χ4v) is 4.08. The van der Waals surface area contributed by atoms with E-state index in [1.54, 1.807) is 0 Å². The molecule has 0 spiro atoms. The Labute approximate surface area is 195 Å². The van der Waals surface area contributed by atoms with Gasteiger partial charge in [0.1, 0.15) is 6.61 Å². The zero-order valence-corrected chi connectivity index (χ0v) is 19.7. The van der Waals surface area contributed by atoms with Gasteiger partial charge in [0.05, 0.1) is 0 Å². The quantitative estimate of drug-likeness (QED) is 0.198. The van der Waals surface area contributed by atoms with Gasteiger partial charge in [-0.15, -0.1) is 0 Å². The molecule has 0 aromatic heterocycles. The van der Waals surface area contributed by atoms with Crippen molar-refractivity contribution in [1.82, 2.24) is 0 Å². The topological polar surface area (TPSA) is 60.4 Å². The average Bonchev–Trinajstić information content (AvgIpc) is 3.16. The second kappa shape index (κ2) is 14.0. The van der Waals surface area contributed by atoms with E-state index >= 15 is 0 Å². The largest absolute Gasteiger partial charge is 0.461 e. The van der Waals surface area contributed by atoms with Gasteiger partial charge in [-0.05, 0) is 49.7 Å². The molecule has 0 fully saturated rings. The number of unbranched alkanes of at least 4 members (excludes halogenated alkanes) is 4. The first-order chi connectivity index (χ1) is 15.8. The number of alkyl halides is 2. The summed E-state index contributed by atoms with van der Waals surface area (Å²) in [4.78, 5) is 36.0. The first-order valence-electron chi connectivity index (χ1n) is 12.2. The van der Waals surface area contributed by atoms with Crippen molar-refractivity contribution < 1.29 is 27.9 Å². The van der Waals surface area contributed by atoms with Crippen LogP contribution in [0.2, 0.25) is 0 Å². The van der Waals surface area contributed by atoms with Gasteiger partial charge >= 0.3 is 11.9 Å². The molecule has 33 heavy (non-hydrogen) atoms. The molecule has 182 valence electrons. The van der Waals surface area contributed by atoms with E-state index in [9.17, 15) is 23.2 Å². The second-order valence-corrected chi connectivity index (χ2v) is 8.80. The minimum Gasteiger partial charge on any atom is -0.461 e. The Morgan fingerprint density at radius 1 is 0.939 bits per heavy atom. The number of Topliss-reactive ketones (excluding diaryl/α,β-unsaturated/α-hetero) is 2. The number of allylic oxidation sites excluding steroid dienone is 2. The van der Waals surface area contributed by atoms with E-state index in [0.29, 0.717) is 38.5 Å². The summed E-state index contributed by atoms with van der Waals surface area (Å²) in [7, 11) is 0. The Morgan fingerprint density at radius 2 is 1.67 bits per heavy atom. The standard InChI is InChI=1S/C27H36F2O4/c1-2-3-19-27(28,29)25(31)18-16-22-15-17-24(30)23(22)13-9-4-5-10-14-26(32)33-20-21-11-7-6-8-12-21/h6-8,11-12H,2-5,9-10,13-20H2,1H3. The molecule has 0 heterocycles. The molecule has 1 aromatic carbocycles. The van der Waals surface area contributed by atoms with Crippen LogP contribution in [-0.2, 0) is 25.7 Å². The third-order valence-electron chi connectivity index (χ3n) is 6.12. The van der Waals surface area contributed by atoms with Crippen molar-refractivity contribution in [2.24, 2.45) is 0 Å². The number of hydrogen-bond acceptors (Lipinski definition) is 4. The minimum atomic E-state index is -3.26. The number of hydrogen-bond donors (Lipinski definition) is 0. The van der Waals surface area contributed by atoms with Crippen LogP contribution in [0.25, 0.3) is 0 Å². The third kappa shape index (κ3) is 9.56. The normalized spacial score (nSPS) is 14.1. The lowest BCUT2D eigenvalue weighted by Gasteiger charge is -2.15. The molecular formula is C27H36F2O4. The lowest BCUT2D eigenvalue weighted by molar-refractivity contribution is -0.145. The van der Waals surface area contributed by atoms with Gasteiger partial charge < -0.3 is 4.74 Å². The molecule has 6 heteroatoms. The first-order valence-corrected chi connectivity index (χ1v) is 12.2. The number of ether oxygens (including phenoxy) is 1. The summed E-state index contributed by atoms with van der Waals surface area (Å²) in [5.74, 6) is -4.40. The summed E-state index contributed by atoms with van der Waals surface area (Å²) in [6, 6.07) is 9.54. The Kier molecular flexibility index (Phi) is 11.4. The van der Waals surface area contributed by atoms with E-state index in [0.717, 1.165) is 42.4 Å². The monoisotopic (exact) mass is 462 g/mol. The maximum atomic E-state index is 13.9. The minimum absolute atomic E-state index is 0.0830. The number of rotatable bonds is 16. The molecule has 0 atom stereocenters. The van der Waals surface area contributed by atoms with Gasteiger partial charge in [-0.2, -0.15) is 8.78 Å². The van der Waals surface area contributed by atoms with Crippen LogP contribution in [0.4, 0.5) is 8.78 Å². The van der Waals surface area contributed by atoms with Crippen LogP contribution in [0.3, 0.4) is 0 Å². The van der Waals surface area contributed by atoms with Crippen LogP contribution in [0.5, 0.6) is 0 Å². The van der Waals surface area contributed by atoms with Crippen molar-refractivity contribution in [3.8, 4) is 0 Å². The van der Waals surface area contributed by atoms with Crippen molar-refractivity contribution in [3.63, 3.8) is 0 Å². The molecule has 0 unspecified atom stereocenters. The predicted octanol–water partition coefficient (Wildman–Crippen LogP) is 6.90. The van der Waals surface area contributed by atoms with Crippen LogP contribution in [0, 0.1) is 0 Å². The van der Waals surface area contributed by atoms with Crippen LogP contribution >= 0.6 is 0 Å². The molecule has 0 amide bonds. The van der Waals surface area contributed by atoms with Crippen LogP contribution in [-0.4, -0.2) is 23.5 Å². The van der Waals surface area contributed by atoms with Gasteiger partial charge in [-0.3, -0.25) is 14.4 Å². The van der Waals surface area contributed by atoms with Gasteiger partial charge in [0, 0.05) is 25.7 Å². The molecule has 0 saturated heterocycles. The van der Waals surface area contributed by atoms with Crippen LogP contribution in [0.15, 0.2) is 41.5 Å². The van der Waals surface area contributed by atoms with Crippen molar-refractivity contribution in [2.75, 3.05) is 0 Å². The van der Waals surface area contributed by atoms with E-state index in [4.69, 9.17) is 4.74 Å². The number of ketones is 2. The third-order valence-corrected chi connectivity index (χ3v) is 6.12. The van der Waals surface area contributed by atoms with Crippen LogP contribution < -0.4 is 0 Å². The fourth-order valence-electron chi connectivity index (χ4n) is 4.08. The van der Waals surface area contributed by atoms with Gasteiger partial charge in [-0.1, -0.05) is 62.1 Å². The molecule has 1 aromatic rings. The summed E-state index contributed by atoms with van der Waals surface area (Å²) >= 11 is 0. The van der Waals surface area contributed by atoms with Crippen LogP contribution in [0.1, 0.15) is 96.0 Å². The van der Waals surface area contributed by atoms with Gasteiger partial charge in [0.25, 0.3) is 0 Å². The molecule has 0 saturated carbocycles. The highest BCUT2D eigenvalue weighted by molar-refractivity contribution is 5.98. The van der Waals surface area contributed by atoms with E-state index < -0.39 is 18.1 Å². The second-order valence-electron chi connectivity index (χ2n) is 8.80. The van der Waals surface area contributed by atoms with E-state index in [2.05, 4.69) is 0 Å². The molecule has 0 N–H and O–H groups in total. The zero-order chi connectivity index (χ0) is 24.1. The highest BCUT2D eigenvalue weighted by atomic mass is 19.3. The van der Waals surface area contributed by atoms with Crippen molar-refractivity contribution in [3.05, 3.63) is 47.0 Å². The smallest absolute Gasteiger partial charge is 0.306 e. The lowest BCUT2D eigenvalue weighted by Crippen LogP contribution is -2.28. The molecule has 0 bridgehead atoms. The SMILES string of the molecule is CCCCC(F)(F)C(=O)CCC1=C(CCCCCCC(=O)OCc2ccccc2)C(=O)CC1. The summed E-state index contributed by atoms with van der Waals surface area (Å²) in [6.07, 6.45) is 5.88. The zero-order valence-electron chi connectivity index (χ0n) is 19.7. The summed E-state index contributed by atoms with van der Waals surface area (Å²) in [5.41, 5.74) is 2.58. The Morgan fingerprint density at radius 3 is 2.39 bits per heavy atom.